The Labute approximate surface area is 165 Å². The Hall–Kier alpha value is -2.08. The molecule has 0 unspecified atom stereocenters. The van der Waals surface area contributed by atoms with Crippen LogP contribution in [0, 0.1) is 0 Å². The van der Waals surface area contributed by atoms with Crippen molar-refractivity contribution in [3.63, 3.8) is 0 Å². The summed E-state index contributed by atoms with van der Waals surface area (Å²) in [6.45, 7) is 6.92. The number of carbonyl (C=O) groups excluding carboxylic acids is 1. The molecule has 1 heterocycles. The van der Waals surface area contributed by atoms with Gasteiger partial charge in [0.2, 0.25) is 0 Å². The third kappa shape index (κ3) is 6.54. The number of halogens is 1. The van der Waals surface area contributed by atoms with Crippen LogP contribution in [0.5, 0.6) is 5.75 Å². The molecule has 2 aromatic carbocycles. The third-order valence-electron chi connectivity index (χ3n) is 4.98. The van der Waals surface area contributed by atoms with Gasteiger partial charge in [0.05, 0.1) is 0 Å². The van der Waals surface area contributed by atoms with Crippen LogP contribution in [-0.4, -0.2) is 51.8 Å². The smallest absolute Gasteiger partial charge is 0.275 e. The van der Waals surface area contributed by atoms with Crippen molar-refractivity contribution in [2.45, 2.75) is 6.54 Å². The van der Waals surface area contributed by atoms with Gasteiger partial charge in [-0.25, -0.2) is 0 Å². The lowest BCUT2D eigenvalue weighted by molar-refractivity contribution is -1.01. The van der Waals surface area contributed by atoms with E-state index in [0.29, 0.717) is 18.1 Å². The van der Waals surface area contributed by atoms with Gasteiger partial charge >= 0.3 is 0 Å². The molecule has 0 bridgehead atoms. The molecule has 0 atom stereocenters. The lowest BCUT2D eigenvalue weighted by atomic mass is 10.2. The van der Waals surface area contributed by atoms with Gasteiger partial charge in [-0.3, -0.25) is 4.79 Å². The standard InChI is InChI=1S/C21H26ClN3O2/c22-20-9-5-4-6-18(20)16-23-21(26)17-25-12-10-24(11-13-25)14-15-27-19-7-2-1-3-8-19/h1-9H,10-17H2,(H,23,26)/p+2. The van der Waals surface area contributed by atoms with Crippen LogP contribution in [0.1, 0.15) is 5.56 Å². The van der Waals surface area contributed by atoms with Gasteiger partial charge in [-0.1, -0.05) is 48.0 Å². The van der Waals surface area contributed by atoms with Crippen molar-refractivity contribution < 1.29 is 19.3 Å². The Kier molecular flexibility index (Phi) is 7.51. The summed E-state index contributed by atoms with van der Waals surface area (Å²) in [6.07, 6.45) is 0. The number of hydrogen-bond acceptors (Lipinski definition) is 2. The van der Waals surface area contributed by atoms with Crippen molar-refractivity contribution in [2.75, 3.05) is 45.9 Å². The van der Waals surface area contributed by atoms with E-state index in [0.717, 1.165) is 50.6 Å². The van der Waals surface area contributed by atoms with Crippen LogP contribution in [0.3, 0.4) is 0 Å². The summed E-state index contributed by atoms with van der Waals surface area (Å²) in [5.74, 6) is 1.01. The number of rotatable bonds is 8. The largest absolute Gasteiger partial charge is 0.488 e. The van der Waals surface area contributed by atoms with Gasteiger partial charge in [-0.05, 0) is 23.8 Å². The molecule has 1 aliphatic heterocycles. The molecule has 1 saturated heterocycles. The van der Waals surface area contributed by atoms with E-state index in [1.54, 1.807) is 4.90 Å². The Morgan fingerprint density at radius 3 is 2.37 bits per heavy atom. The molecule has 3 rings (SSSR count). The van der Waals surface area contributed by atoms with Gasteiger partial charge in [0.1, 0.15) is 45.1 Å². The first-order valence-corrected chi connectivity index (χ1v) is 9.93. The maximum absolute atomic E-state index is 12.2. The summed E-state index contributed by atoms with van der Waals surface area (Å²) in [6, 6.07) is 17.5. The molecule has 144 valence electrons. The van der Waals surface area contributed by atoms with Crippen molar-refractivity contribution in [3.8, 4) is 5.75 Å². The minimum absolute atomic E-state index is 0.0841. The molecular formula is C21H28ClN3O2+2. The molecule has 0 saturated carbocycles. The summed E-state index contributed by atoms with van der Waals surface area (Å²) in [7, 11) is 0. The second-order valence-electron chi connectivity index (χ2n) is 6.96. The van der Waals surface area contributed by atoms with Crippen LogP contribution >= 0.6 is 11.6 Å². The molecule has 6 heteroatoms. The van der Waals surface area contributed by atoms with Crippen LogP contribution in [-0.2, 0) is 11.3 Å². The van der Waals surface area contributed by atoms with E-state index in [4.69, 9.17) is 16.3 Å². The van der Waals surface area contributed by atoms with Gasteiger partial charge in [-0.15, -0.1) is 0 Å². The monoisotopic (exact) mass is 389 g/mol. The molecule has 2 aromatic rings. The van der Waals surface area contributed by atoms with Crippen molar-refractivity contribution >= 4 is 17.5 Å². The average molecular weight is 390 g/mol. The number of hydrogen-bond donors (Lipinski definition) is 3. The number of quaternary nitrogens is 2. The molecule has 0 aliphatic carbocycles. The number of benzene rings is 2. The minimum atomic E-state index is 0.0841. The van der Waals surface area contributed by atoms with E-state index < -0.39 is 0 Å². The lowest BCUT2D eigenvalue weighted by Gasteiger charge is -2.29. The molecule has 27 heavy (non-hydrogen) atoms. The fourth-order valence-electron chi connectivity index (χ4n) is 3.34. The number of para-hydroxylation sites is 1. The first-order valence-electron chi connectivity index (χ1n) is 9.56. The molecule has 3 N–H and O–H groups in total. The van der Waals surface area contributed by atoms with Gasteiger partial charge < -0.3 is 19.9 Å². The highest BCUT2D eigenvalue weighted by Crippen LogP contribution is 2.14. The average Bonchev–Trinajstić information content (AvgIpc) is 2.69. The second kappa shape index (κ2) is 10.3. The lowest BCUT2D eigenvalue weighted by Crippen LogP contribution is -3.28. The third-order valence-corrected chi connectivity index (χ3v) is 5.34. The van der Waals surface area contributed by atoms with E-state index in [1.807, 2.05) is 54.6 Å². The fourth-order valence-corrected chi connectivity index (χ4v) is 3.54. The van der Waals surface area contributed by atoms with Crippen molar-refractivity contribution in [2.24, 2.45) is 0 Å². The number of amides is 1. The first-order chi connectivity index (χ1) is 13.2. The molecule has 1 fully saturated rings. The number of piperazine rings is 1. The van der Waals surface area contributed by atoms with E-state index in [9.17, 15) is 4.79 Å². The molecular weight excluding hydrogens is 362 g/mol. The predicted molar refractivity (Wildman–Crippen MR) is 106 cm³/mol. The Morgan fingerprint density at radius 1 is 0.963 bits per heavy atom. The highest BCUT2D eigenvalue weighted by Gasteiger charge is 2.24. The number of ether oxygens (including phenoxy) is 1. The van der Waals surface area contributed by atoms with E-state index >= 15 is 0 Å². The Bertz CT molecular complexity index is 718. The van der Waals surface area contributed by atoms with Gasteiger partial charge in [0.15, 0.2) is 6.54 Å². The zero-order chi connectivity index (χ0) is 18.9. The predicted octanol–water partition coefficient (Wildman–Crippen LogP) is -0.181. The summed E-state index contributed by atoms with van der Waals surface area (Å²) >= 11 is 6.13. The van der Waals surface area contributed by atoms with Crippen LogP contribution in [0.25, 0.3) is 0 Å². The highest BCUT2D eigenvalue weighted by atomic mass is 35.5. The quantitative estimate of drug-likeness (QED) is 0.586. The van der Waals surface area contributed by atoms with E-state index in [-0.39, 0.29) is 5.91 Å². The van der Waals surface area contributed by atoms with Gasteiger partial charge in [0, 0.05) is 11.6 Å². The summed E-state index contributed by atoms with van der Waals surface area (Å²) < 4.78 is 5.78. The second-order valence-corrected chi connectivity index (χ2v) is 7.36. The van der Waals surface area contributed by atoms with Crippen LogP contribution in [0.4, 0.5) is 0 Å². The van der Waals surface area contributed by atoms with E-state index in [2.05, 4.69) is 5.32 Å². The first kappa shape index (κ1) is 19.7. The fraction of sp³-hybridized carbons (Fsp3) is 0.381. The van der Waals surface area contributed by atoms with Gasteiger partial charge in [0.25, 0.3) is 5.91 Å². The maximum Gasteiger partial charge on any atom is 0.275 e. The van der Waals surface area contributed by atoms with Crippen molar-refractivity contribution in [1.29, 1.82) is 0 Å². The molecule has 0 aromatic heterocycles. The highest BCUT2D eigenvalue weighted by molar-refractivity contribution is 6.31. The molecule has 5 nitrogen and oxygen atoms in total. The van der Waals surface area contributed by atoms with Crippen molar-refractivity contribution in [3.05, 3.63) is 65.2 Å². The normalized spacial score (nSPS) is 19.4. The van der Waals surface area contributed by atoms with Crippen molar-refractivity contribution in [1.82, 2.24) is 5.32 Å². The van der Waals surface area contributed by atoms with Gasteiger partial charge in [-0.2, -0.15) is 0 Å². The zero-order valence-corrected chi connectivity index (χ0v) is 16.3. The topological polar surface area (TPSA) is 47.2 Å². The van der Waals surface area contributed by atoms with Crippen LogP contribution < -0.4 is 19.9 Å². The molecule has 0 radical (unpaired) electrons. The molecule has 1 aliphatic rings. The van der Waals surface area contributed by atoms with E-state index in [1.165, 1.54) is 4.90 Å². The zero-order valence-electron chi connectivity index (χ0n) is 15.5. The maximum atomic E-state index is 12.2. The SMILES string of the molecule is O=C(C[NH+]1CC[NH+](CCOc2ccccc2)CC1)NCc1ccccc1Cl. The summed E-state index contributed by atoms with van der Waals surface area (Å²) in [4.78, 5) is 15.1. The summed E-state index contributed by atoms with van der Waals surface area (Å²) in [5, 5.41) is 3.67. The number of carbonyl (C=O) groups is 1. The Balaban J connectivity index is 1.31. The minimum Gasteiger partial charge on any atom is -0.488 e. The Morgan fingerprint density at radius 2 is 1.63 bits per heavy atom. The van der Waals surface area contributed by atoms with Crippen LogP contribution in [0.2, 0.25) is 5.02 Å². The van der Waals surface area contributed by atoms with Crippen LogP contribution in [0.15, 0.2) is 54.6 Å². The molecule has 1 amide bonds. The molecule has 0 spiro atoms. The summed E-state index contributed by atoms with van der Waals surface area (Å²) in [5.41, 5.74) is 0.954. The number of nitrogens with one attached hydrogen (secondary N) is 3.